The van der Waals surface area contributed by atoms with Crippen LogP contribution in [0.3, 0.4) is 0 Å². The summed E-state index contributed by atoms with van der Waals surface area (Å²) in [4.78, 5) is 27.2. The van der Waals surface area contributed by atoms with Crippen molar-refractivity contribution >= 4 is 39.1 Å². The highest BCUT2D eigenvalue weighted by molar-refractivity contribution is 9.10. The molecule has 2 N–H and O–H groups in total. The van der Waals surface area contributed by atoms with E-state index in [9.17, 15) is 9.59 Å². The third kappa shape index (κ3) is 4.13. The van der Waals surface area contributed by atoms with E-state index in [1.165, 1.54) is 6.92 Å². The Bertz CT molecular complexity index is 684. The number of pyridine rings is 1. The summed E-state index contributed by atoms with van der Waals surface area (Å²) in [7, 11) is 0. The van der Waals surface area contributed by atoms with Gasteiger partial charge in [0, 0.05) is 29.0 Å². The molecule has 2 amide bonds. The lowest BCUT2D eigenvalue weighted by Gasteiger charge is -2.10. The zero-order valence-electron chi connectivity index (χ0n) is 11.6. The quantitative estimate of drug-likeness (QED) is 0.894. The summed E-state index contributed by atoms with van der Waals surface area (Å²) in [5.41, 5.74) is 2.51. The van der Waals surface area contributed by atoms with E-state index in [2.05, 4.69) is 31.5 Å². The molecule has 2 aromatic rings. The molecule has 0 fully saturated rings. The number of amides is 2. The van der Waals surface area contributed by atoms with Crippen LogP contribution in [0.25, 0.3) is 0 Å². The van der Waals surface area contributed by atoms with Crippen LogP contribution in [0.4, 0.5) is 11.4 Å². The highest BCUT2D eigenvalue weighted by Crippen LogP contribution is 2.20. The molecule has 0 aliphatic heterocycles. The second-order valence-corrected chi connectivity index (χ2v) is 5.44. The van der Waals surface area contributed by atoms with Gasteiger partial charge < -0.3 is 10.6 Å². The molecule has 2 rings (SSSR count). The fraction of sp³-hybridized carbons (Fsp3) is 0.133. The largest absolute Gasteiger partial charge is 0.326 e. The first kappa shape index (κ1) is 15.2. The van der Waals surface area contributed by atoms with Crippen molar-refractivity contribution in [1.82, 2.24) is 4.98 Å². The predicted octanol–water partition coefficient (Wildman–Crippen LogP) is 3.36. The number of carbonyl (C=O) groups is 2. The number of aromatic nitrogens is 1. The monoisotopic (exact) mass is 347 g/mol. The van der Waals surface area contributed by atoms with Gasteiger partial charge in [-0.1, -0.05) is 6.07 Å². The summed E-state index contributed by atoms with van der Waals surface area (Å²) in [6, 6.07) is 8.70. The van der Waals surface area contributed by atoms with Crippen LogP contribution in [0.1, 0.15) is 23.0 Å². The number of hydrogen-bond donors (Lipinski definition) is 2. The summed E-state index contributed by atoms with van der Waals surface area (Å²) in [6.45, 7) is 3.32. The zero-order valence-corrected chi connectivity index (χ0v) is 13.2. The first-order chi connectivity index (χ1) is 9.95. The average Bonchev–Trinajstić information content (AvgIpc) is 2.42. The molecule has 6 heteroatoms. The van der Waals surface area contributed by atoms with Crippen LogP contribution in [-0.4, -0.2) is 16.8 Å². The third-order valence-electron chi connectivity index (χ3n) is 2.77. The van der Waals surface area contributed by atoms with E-state index >= 15 is 0 Å². The molecule has 0 aliphatic carbocycles. The van der Waals surface area contributed by atoms with Gasteiger partial charge in [-0.3, -0.25) is 9.59 Å². The summed E-state index contributed by atoms with van der Waals surface area (Å²) in [5.74, 6) is -0.462. The number of aryl methyl sites for hydroxylation is 1. The van der Waals surface area contributed by atoms with E-state index in [0.717, 1.165) is 10.0 Å². The van der Waals surface area contributed by atoms with Crippen molar-refractivity contribution in [2.24, 2.45) is 0 Å². The highest BCUT2D eigenvalue weighted by Gasteiger charge is 2.09. The van der Waals surface area contributed by atoms with Crippen molar-refractivity contribution in [2.45, 2.75) is 13.8 Å². The number of nitrogens with one attached hydrogen (secondary N) is 2. The first-order valence-electron chi connectivity index (χ1n) is 6.27. The molecule has 0 spiro atoms. The van der Waals surface area contributed by atoms with E-state index in [1.54, 1.807) is 30.5 Å². The third-order valence-corrected chi connectivity index (χ3v) is 3.24. The van der Waals surface area contributed by atoms with Crippen molar-refractivity contribution in [3.8, 4) is 0 Å². The molecule has 0 unspecified atom stereocenters. The van der Waals surface area contributed by atoms with Crippen molar-refractivity contribution in [3.63, 3.8) is 0 Å². The van der Waals surface area contributed by atoms with Gasteiger partial charge in [0.15, 0.2) is 0 Å². The number of hydrogen-bond acceptors (Lipinski definition) is 3. The van der Waals surface area contributed by atoms with Gasteiger partial charge in [0.2, 0.25) is 5.91 Å². The molecule has 0 atom stereocenters. The Balaban J connectivity index is 2.17. The second kappa shape index (κ2) is 6.49. The Morgan fingerprint density at radius 1 is 1.14 bits per heavy atom. The molecule has 0 radical (unpaired) electrons. The smallest absolute Gasteiger partial charge is 0.274 e. The van der Waals surface area contributed by atoms with Crippen LogP contribution in [0.2, 0.25) is 0 Å². The fourth-order valence-corrected chi connectivity index (χ4v) is 1.96. The van der Waals surface area contributed by atoms with E-state index in [1.807, 2.05) is 13.0 Å². The van der Waals surface area contributed by atoms with Gasteiger partial charge >= 0.3 is 0 Å². The van der Waals surface area contributed by atoms with Gasteiger partial charge in [0.05, 0.1) is 0 Å². The molecule has 21 heavy (non-hydrogen) atoms. The van der Waals surface area contributed by atoms with Crippen LogP contribution in [0, 0.1) is 6.92 Å². The standard InChI is InChI=1S/C15H14BrN3O2/c1-9-3-5-12(7-14(9)18-10(2)20)19-15(21)13-6-4-11(16)8-17-13/h3-8H,1-2H3,(H,18,20)(H,19,21). The van der Waals surface area contributed by atoms with Gasteiger partial charge in [0.25, 0.3) is 5.91 Å². The van der Waals surface area contributed by atoms with Crippen LogP contribution in [0.5, 0.6) is 0 Å². The molecule has 5 nitrogen and oxygen atoms in total. The van der Waals surface area contributed by atoms with Gasteiger partial charge in [0.1, 0.15) is 5.69 Å². The molecule has 1 heterocycles. The van der Waals surface area contributed by atoms with Gasteiger partial charge in [-0.2, -0.15) is 0 Å². The maximum Gasteiger partial charge on any atom is 0.274 e. The van der Waals surface area contributed by atoms with Crippen molar-refractivity contribution in [1.29, 1.82) is 0 Å². The van der Waals surface area contributed by atoms with Gasteiger partial charge in [-0.25, -0.2) is 4.98 Å². The number of benzene rings is 1. The maximum atomic E-state index is 12.1. The van der Waals surface area contributed by atoms with E-state index in [-0.39, 0.29) is 11.8 Å². The molecule has 1 aromatic heterocycles. The second-order valence-electron chi connectivity index (χ2n) is 4.53. The number of anilines is 2. The van der Waals surface area contributed by atoms with E-state index in [4.69, 9.17) is 0 Å². The SMILES string of the molecule is CC(=O)Nc1cc(NC(=O)c2ccc(Br)cn2)ccc1C. The van der Waals surface area contributed by atoms with Gasteiger partial charge in [-0.05, 0) is 52.7 Å². The molecular formula is C15H14BrN3O2. The van der Waals surface area contributed by atoms with E-state index in [0.29, 0.717) is 17.1 Å². The molecule has 0 saturated heterocycles. The number of nitrogens with zero attached hydrogens (tertiary/aromatic N) is 1. The van der Waals surface area contributed by atoms with Crippen molar-refractivity contribution < 1.29 is 9.59 Å². The zero-order chi connectivity index (χ0) is 15.4. The molecular weight excluding hydrogens is 334 g/mol. The Kier molecular flexibility index (Phi) is 4.70. The molecule has 0 aliphatic rings. The Labute approximate surface area is 130 Å². The lowest BCUT2D eigenvalue weighted by Crippen LogP contribution is -2.14. The average molecular weight is 348 g/mol. The Morgan fingerprint density at radius 2 is 1.90 bits per heavy atom. The fourth-order valence-electron chi connectivity index (χ4n) is 1.73. The lowest BCUT2D eigenvalue weighted by atomic mass is 10.1. The maximum absolute atomic E-state index is 12.1. The van der Waals surface area contributed by atoms with Crippen LogP contribution in [0.15, 0.2) is 41.0 Å². The van der Waals surface area contributed by atoms with Crippen LogP contribution in [-0.2, 0) is 4.79 Å². The number of carbonyl (C=O) groups excluding carboxylic acids is 2. The topological polar surface area (TPSA) is 71.1 Å². The van der Waals surface area contributed by atoms with Crippen molar-refractivity contribution in [3.05, 3.63) is 52.3 Å². The molecule has 0 bridgehead atoms. The number of halogens is 1. The minimum Gasteiger partial charge on any atom is -0.326 e. The minimum atomic E-state index is -0.305. The minimum absolute atomic E-state index is 0.156. The first-order valence-corrected chi connectivity index (χ1v) is 7.06. The predicted molar refractivity (Wildman–Crippen MR) is 85.4 cm³/mol. The normalized spacial score (nSPS) is 10.0. The van der Waals surface area contributed by atoms with Crippen LogP contribution >= 0.6 is 15.9 Å². The Hall–Kier alpha value is -2.21. The highest BCUT2D eigenvalue weighted by atomic mass is 79.9. The summed E-state index contributed by atoms with van der Waals surface area (Å²) in [5, 5.41) is 5.47. The molecule has 1 aromatic carbocycles. The molecule has 108 valence electrons. The van der Waals surface area contributed by atoms with E-state index < -0.39 is 0 Å². The Morgan fingerprint density at radius 3 is 2.52 bits per heavy atom. The number of rotatable bonds is 3. The van der Waals surface area contributed by atoms with Gasteiger partial charge in [-0.15, -0.1) is 0 Å². The lowest BCUT2D eigenvalue weighted by molar-refractivity contribution is -0.114. The molecule has 0 saturated carbocycles. The van der Waals surface area contributed by atoms with Crippen LogP contribution < -0.4 is 10.6 Å². The summed E-state index contributed by atoms with van der Waals surface area (Å²) >= 11 is 3.27. The van der Waals surface area contributed by atoms with Crippen molar-refractivity contribution in [2.75, 3.05) is 10.6 Å². The summed E-state index contributed by atoms with van der Waals surface area (Å²) in [6.07, 6.45) is 1.56. The summed E-state index contributed by atoms with van der Waals surface area (Å²) < 4.78 is 0.808.